The van der Waals surface area contributed by atoms with Crippen molar-refractivity contribution in [2.45, 2.75) is 5.38 Å². The van der Waals surface area contributed by atoms with E-state index in [1.807, 2.05) is 6.07 Å². The van der Waals surface area contributed by atoms with Gasteiger partial charge in [0.25, 0.3) is 0 Å². The minimum absolute atomic E-state index is 0.263. The van der Waals surface area contributed by atoms with Crippen molar-refractivity contribution in [3.05, 3.63) is 69.9 Å². The predicted octanol–water partition coefficient (Wildman–Crippen LogP) is 4.75. The van der Waals surface area contributed by atoms with E-state index in [-0.39, 0.29) is 11.3 Å². The molecule has 1 unspecified atom stereocenters. The number of Topliss-reactive ketones (excluding diaryl/α,β-unsaturated/α-hetero) is 1. The molecule has 1 nitrogen and oxygen atoms in total. The van der Waals surface area contributed by atoms with E-state index in [1.54, 1.807) is 30.3 Å². The van der Waals surface area contributed by atoms with Gasteiger partial charge >= 0.3 is 0 Å². The van der Waals surface area contributed by atoms with Crippen molar-refractivity contribution in [3.63, 3.8) is 0 Å². The van der Waals surface area contributed by atoms with Crippen LogP contribution in [-0.2, 0) is 0 Å². The normalized spacial score (nSPS) is 12.2. The Labute approximate surface area is 118 Å². The lowest BCUT2D eigenvalue weighted by Crippen LogP contribution is -2.07. The van der Waals surface area contributed by atoms with Crippen LogP contribution in [-0.4, -0.2) is 5.78 Å². The quantitative estimate of drug-likeness (QED) is 0.587. The SMILES string of the molecule is O=C(c1ccc(Br)c(F)c1)C(Cl)c1ccccc1. The molecule has 4 heteroatoms. The van der Waals surface area contributed by atoms with Gasteiger partial charge in [-0.1, -0.05) is 36.4 Å². The first-order valence-corrected chi connectivity index (χ1v) is 6.51. The maximum Gasteiger partial charge on any atom is 0.185 e. The Morgan fingerprint density at radius 3 is 2.44 bits per heavy atom. The molecule has 0 aliphatic rings. The second kappa shape index (κ2) is 5.63. The topological polar surface area (TPSA) is 17.1 Å². The van der Waals surface area contributed by atoms with Gasteiger partial charge in [0, 0.05) is 5.56 Å². The Morgan fingerprint density at radius 2 is 1.83 bits per heavy atom. The van der Waals surface area contributed by atoms with Gasteiger partial charge in [-0.2, -0.15) is 0 Å². The number of ketones is 1. The van der Waals surface area contributed by atoms with Crippen molar-refractivity contribution < 1.29 is 9.18 Å². The van der Waals surface area contributed by atoms with Crippen molar-refractivity contribution in [1.29, 1.82) is 0 Å². The average Bonchev–Trinajstić information content (AvgIpc) is 2.41. The lowest BCUT2D eigenvalue weighted by Gasteiger charge is -2.09. The highest BCUT2D eigenvalue weighted by molar-refractivity contribution is 9.10. The molecule has 0 spiro atoms. The fraction of sp³-hybridized carbons (Fsp3) is 0.0714. The smallest absolute Gasteiger partial charge is 0.185 e. The second-order valence-electron chi connectivity index (χ2n) is 3.77. The van der Waals surface area contributed by atoms with Crippen molar-refractivity contribution in [2.24, 2.45) is 0 Å². The van der Waals surface area contributed by atoms with Crippen LogP contribution in [0.1, 0.15) is 21.3 Å². The van der Waals surface area contributed by atoms with E-state index in [9.17, 15) is 9.18 Å². The summed E-state index contributed by atoms with van der Waals surface area (Å²) < 4.78 is 13.7. The molecule has 92 valence electrons. The van der Waals surface area contributed by atoms with Gasteiger partial charge in [-0.15, -0.1) is 11.6 Å². The minimum atomic E-state index is -0.799. The molecule has 0 saturated heterocycles. The molecule has 18 heavy (non-hydrogen) atoms. The number of carbonyl (C=O) groups excluding carboxylic acids is 1. The molecule has 0 heterocycles. The number of halogens is 3. The molecule has 1 atom stereocenters. The molecule has 2 rings (SSSR count). The number of carbonyl (C=O) groups is 1. The zero-order valence-corrected chi connectivity index (χ0v) is 11.6. The second-order valence-corrected chi connectivity index (χ2v) is 5.06. The van der Waals surface area contributed by atoms with Gasteiger partial charge in [0.1, 0.15) is 11.2 Å². The van der Waals surface area contributed by atoms with E-state index >= 15 is 0 Å². The van der Waals surface area contributed by atoms with Crippen LogP contribution in [0.5, 0.6) is 0 Å². The number of alkyl halides is 1. The molecule has 0 N–H and O–H groups in total. The van der Waals surface area contributed by atoms with Crippen molar-refractivity contribution in [1.82, 2.24) is 0 Å². The van der Waals surface area contributed by atoms with Crippen LogP contribution in [0, 0.1) is 5.82 Å². The van der Waals surface area contributed by atoms with E-state index < -0.39 is 11.2 Å². The molecule has 0 fully saturated rings. The largest absolute Gasteiger partial charge is 0.292 e. The fourth-order valence-corrected chi connectivity index (χ4v) is 2.09. The Hall–Kier alpha value is -1.19. The summed E-state index contributed by atoms with van der Waals surface area (Å²) in [5.41, 5.74) is 0.965. The summed E-state index contributed by atoms with van der Waals surface area (Å²) in [6.07, 6.45) is 0. The summed E-state index contributed by atoms with van der Waals surface area (Å²) in [5, 5.41) is -0.799. The zero-order valence-electron chi connectivity index (χ0n) is 9.24. The van der Waals surface area contributed by atoms with Crippen LogP contribution in [0.4, 0.5) is 4.39 Å². The maximum absolute atomic E-state index is 13.4. The summed E-state index contributed by atoms with van der Waals surface area (Å²) in [6, 6.07) is 13.2. The molecule has 0 aromatic heterocycles. The average molecular weight is 328 g/mol. The van der Waals surface area contributed by atoms with E-state index in [2.05, 4.69) is 15.9 Å². The van der Waals surface area contributed by atoms with E-state index in [0.29, 0.717) is 10.0 Å². The third kappa shape index (κ3) is 2.79. The highest BCUT2D eigenvalue weighted by Gasteiger charge is 2.19. The molecule has 0 amide bonds. The first-order chi connectivity index (χ1) is 8.59. The summed E-state index contributed by atoms with van der Waals surface area (Å²) in [6.45, 7) is 0. The highest BCUT2D eigenvalue weighted by Crippen LogP contribution is 2.26. The lowest BCUT2D eigenvalue weighted by molar-refractivity contribution is 0.0986. The standard InChI is InChI=1S/C14H9BrClFO/c15-11-7-6-10(8-12(11)17)14(18)13(16)9-4-2-1-3-5-9/h1-8,13H. The van der Waals surface area contributed by atoms with Crippen molar-refractivity contribution >= 4 is 33.3 Å². The summed E-state index contributed by atoms with van der Waals surface area (Å²) >= 11 is 9.14. The monoisotopic (exact) mass is 326 g/mol. The lowest BCUT2D eigenvalue weighted by atomic mass is 10.0. The van der Waals surface area contributed by atoms with Gasteiger partial charge in [-0.25, -0.2) is 4.39 Å². The zero-order chi connectivity index (χ0) is 13.1. The van der Waals surface area contributed by atoms with Crippen LogP contribution in [0.25, 0.3) is 0 Å². The third-order valence-electron chi connectivity index (χ3n) is 2.53. The Morgan fingerprint density at radius 1 is 1.17 bits per heavy atom. The predicted molar refractivity (Wildman–Crippen MR) is 73.5 cm³/mol. The van der Waals surface area contributed by atoms with Gasteiger partial charge in [-0.3, -0.25) is 4.79 Å². The van der Waals surface area contributed by atoms with Crippen LogP contribution < -0.4 is 0 Å². The maximum atomic E-state index is 13.4. The van der Waals surface area contributed by atoms with Gasteiger partial charge in [0.15, 0.2) is 5.78 Å². The summed E-state index contributed by atoms with van der Waals surface area (Å²) in [4.78, 5) is 12.1. The summed E-state index contributed by atoms with van der Waals surface area (Å²) in [5.74, 6) is -0.785. The van der Waals surface area contributed by atoms with Crippen molar-refractivity contribution in [3.8, 4) is 0 Å². The van der Waals surface area contributed by atoms with Crippen molar-refractivity contribution in [2.75, 3.05) is 0 Å². The number of hydrogen-bond acceptors (Lipinski definition) is 1. The fourth-order valence-electron chi connectivity index (χ4n) is 1.57. The summed E-state index contributed by atoms with van der Waals surface area (Å²) in [7, 11) is 0. The number of rotatable bonds is 3. The molecule has 0 aliphatic carbocycles. The molecule has 0 radical (unpaired) electrons. The molecule has 0 bridgehead atoms. The third-order valence-corrected chi connectivity index (χ3v) is 3.62. The molecule has 0 saturated carbocycles. The molecule has 0 aliphatic heterocycles. The Kier molecular flexibility index (Phi) is 4.15. The van der Waals surface area contributed by atoms with Gasteiger partial charge in [-0.05, 0) is 33.6 Å². The van der Waals surface area contributed by atoms with Gasteiger partial charge in [0.05, 0.1) is 4.47 Å². The van der Waals surface area contributed by atoms with E-state index in [0.717, 1.165) is 0 Å². The number of hydrogen-bond donors (Lipinski definition) is 0. The van der Waals surface area contributed by atoms with E-state index in [1.165, 1.54) is 12.1 Å². The first-order valence-electron chi connectivity index (χ1n) is 5.28. The van der Waals surface area contributed by atoms with Crippen LogP contribution in [0.3, 0.4) is 0 Å². The Bertz CT molecular complexity index is 571. The highest BCUT2D eigenvalue weighted by atomic mass is 79.9. The molecule has 2 aromatic rings. The molecule has 2 aromatic carbocycles. The minimum Gasteiger partial charge on any atom is -0.292 e. The molecular formula is C14H9BrClFO. The van der Waals surface area contributed by atoms with Crippen LogP contribution in [0.15, 0.2) is 53.0 Å². The van der Waals surface area contributed by atoms with E-state index in [4.69, 9.17) is 11.6 Å². The van der Waals surface area contributed by atoms with Crippen LogP contribution in [0.2, 0.25) is 0 Å². The van der Waals surface area contributed by atoms with Gasteiger partial charge in [0.2, 0.25) is 0 Å². The van der Waals surface area contributed by atoms with Crippen LogP contribution >= 0.6 is 27.5 Å². The molecular weight excluding hydrogens is 319 g/mol. The first kappa shape index (κ1) is 13.2. The number of benzene rings is 2. The Balaban J connectivity index is 2.29. The van der Waals surface area contributed by atoms with Gasteiger partial charge < -0.3 is 0 Å².